The van der Waals surface area contributed by atoms with Crippen LogP contribution >= 0.6 is 0 Å². The molecule has 0 aliphatic carbocycles. The smallest absolute Gasteiger partial charge is 0.264 e. The Labute approximate surface area is 229 Å². The van der Waals surface area contributed by atoms with Crippen LogP contribution in [0.25, 0.3) is 0 Å². The molecule has 1 atom stereocenters. The molecule has 0 aliphatic rings. The van der Waals surface area contributed by atoms with Crippen molar-refractivity contribution in [1.82, 2.24) is 10.2 Å². The summed E-state index contributed by atoms with van der Waals surface area (Å²) >= 11 is 0. The van der Waals surface area contributed by atoms with Gasteiger partial charge >= 0.3 is 0 Å². The molecule has 0 aliphatic heterocycles. The number of sulfonamides is 1. The molecule has 0 bridgehead atoms. The summed E-state index contributed by atoms with van der Waals surface area (Å²) in [6.07, 6.45) is 0. The zero-order chi connectivity index (χ0) is 28.6. The minimum Gasteiger partial charge on any atom is -0.494 e. The molecule has 0 fully saturated rings. The molecule has 3 rings (SSSR count). The molecule has 0 saturated carbocycles. The number of anilines is 1. The van der Waals surface area contributed by atoms with Crippen molar-refractivity contribution in [3.05, 3.63) is 89.7 Å². The van der Waals surface area contributed by atoms with Crippen molar-refractivity contribution in [3.63, 3.8) is 0 Å². The van der Waals surface area contributed by atoms with Gasteiger partial charge < -0.3 is 15.0 Å². The lowest BCUT2D eigenvalue weighted by molar-refractivity contribution is -0.139. The minimum absolute atomic E-state index is 0.0647. The number of amides is 2. The summed E-state index contributed by atoms with van der Waals surface area (Å²) in [6, 6.07) is 17.3. The molecule has 0 heterocycles. The second-order valence-corrected chi connectivity index (χ2v) is 10.8. The number of nitrogens with one attached hydrogen (secondary N) is 1. The lowest BCUT2D eigenvalue weighted by Gasteiger charge is -2.32. The Balaban J connectivity index is 2.01. The summed E-state index contributed by atoms with van der Waals surface area (Å²) in [6.45, 7) is 7.40. The van der Waals surface area contributed by atoms with Gasteiger partial charge in [-0.1, -0.05) is 29.8 Å². The molecule has 1 unspecified atom stereocenters. The molecule has 208 valence electrons. The second kappa shape index (κ2) is 13.2. The fourth-order valence-corrected chi connectivity index (χ4v) is 5.46. The lowest BCUT2D eigenvalue weighted by Crippen LogP contribution is -2.51. The Kier molecular flexibility index (Phi) is 10.1. The largest absolute Gasteiger partial charge is 0.494 e. The first-order valence-corrected chi connectivity index (χ1v) is 14.1. The van der Waals surface area contributed by atoms with E-state index in [2.05, 4.69) is 5.32 Å². The number of carbonyl (C=O) groups excluding carboxylic acids is 2. The van der Waals surface area contributed by atoms with Gasteiger partial charge in [0.15, 0.2) is 0 Å². The Bertz CT molecular complexity index is 1380. The van der Waals surface area contributed by atoms with Gasteiger partial charge in [0, 0.05) is 13.1 Å². The first-order valence-electron chi connectivity index (χ1n) is 12.7. The number of rotatable bonds is 12. The van der Waals surface area contributed by atoms with Crippen LogP contribution in [0.2, 0.25) is 0 Å². The highest BCUT2D eigenvalue weighted by atomic mass is 32.2. The number of ether oxygens (including phenoxy) is 1. The van der Waals surface area contributed by atoms with Crippen LogP contribution < -0.4 is 14.4 Å². The standard InChI is InChI=1S/C29H34FN3O5S/c1-5-31-29(35)22(4)32(19-23-9-7-8-21(3)18-23)28(34)20-33(25-12-10-24(30)11-13-25)39(36,37)27-16-14-26(15-17-27)38-6-2/h7-18,22H,5-6,19-20H2,1-4H3,(H,31,35). The SMILES string of the molecule is CCNC(=O)C(C)N(Cc1cccc(C)c1)C(=O)CN(c1ccc(F)cc1)S(=O)(=O)c1ccc(OCC)cc1. The Morgan fingerprint density at radius 1 is 1.00 bits per heavy atom. The number of halogens is 1. The predicted molar refractivity (Wildman–Crippen MR) is 148 cm³/mol. The van der Waals surface area contributed by atoms with Crippen molar-refractivity contribution in [2.45, 2.75) is 45.2 Å². The molecule has 1 N–H and O–H groups in total. The number of nitrogens with zero attached hydrogens (tertiary/aromatic N) is 2. The number of hydrogen-bond acceptors (Lipinski definition) is 5. The van der Waals surface area contributed by atoms with Crippen LogP contribution in [0.1, 0.15) is 31.9 Å². The van der Waals surface area contributed by atoms with E-state index in [1.165, 1.54) is 41.3 Å². The summed E-state index contributed by atoms with van der Waals surface area (Å²) in [5.74, 6) is -0.995. The summed E-state index contributed by atoms with van der Waals surface area (Å²) in [7, 11) is -4.26. The van der Waals surface area contributed by atoms with E-state index >= 15 is 0 Å². The topological polar surface area (TPSA) is 96.0 Å². The van der Waals surface area contributed by atoms with E-state index in [9.17, 15) is 22.4 Å². The fourth-order valence-electron chi connectivity index (χ4n) is 4.05. The van der Waals surface area contributed by atoms with Gasteiger partial charge in [0.05, 0.1) is 17.2 Å². The Hall–Kier alpha value is -3.92. The third-order valence-corrected chi connectivity index (χ3v) is 7.86. The van der Waals surface area contributed by atoms with Crippen LogP contribution in [-0.4, -0.2) is 50.9 Å². The van der Waals surface area contributed by atoms with Crippen LogP contribution in [0, 0.1) is 12.7 Å². The molecule has 3 aromatic carbocycles. The number of aryl methyl sites for hydroxylation is 1. The van der Waals surface area contributed by atoms with E-state index in [1.807, 2.05) is 38.1 Å². The van der Waals surface area contributed by atoms with E-state index in [1.54, 1.807) is 13.8 Å². The zero-order valence-electron chi connectivity index (χ0n) is 22.6. The van der Waals surface area contributed by atoms with E-state index in [-0.39, 0.29) is 23.0 Å². The number of hydrogen-bond donors (Lipinski definition) is 1. The monoisotopic (exact) mass is 555 g/mol. The lowest BCUT2D eigenvalue weighted by atomic mass is 10.1. The second-order valence-electron chi connectivity index (χ2n) is 8.97. The molecule has 0 aromatic heterocycles. The number of carbonyl (C=O) groups is 2. The maximum absolute atomic E-state index is 13.8. The van der Waals surface area contributed by atoms with Crippen molar-refractivity contribution in [1.29, 1.82) is 0 Å². The zero-order valence-corrected chi connectivity index (χ0v) is 23.4. The Morgan fingerprint density at radius 3 is 2.26 bits per heavy atom. The highest BCUT2D eigenvalue weighted by Gasteiger charge is 2.32. The fraction of sp³-hybridized carbons (Fsp3) is 0.310. The van der Waals surface area contributed by atoms with Crippen LogP contribution in [0.3, 0.4) is 0 Å². The van der Waals surface area contributed by atoms with Crippen LogP contribution in [0.4, 0.5) is 10.1 Å². The minimum atomic E-state index is -4.26. The van der Waals surface area contributed by atoms with E-state index in [4.69, 9.17) is 4.74 Å². The van der Waals surface area contributed by atoms with Gasteiger partial charge in [-0.15, -0.1) is 0 Å². The number of likely N-dealkylation sites (N-methyl/N-ethyl adjacent to an activating group) is 1. The van der Waals surface area contributed by atoms with Crippen molar-refractivity contribution in [3.8, 4) is 5.75 Å². The summed E-state index contributed by atoms with van der Waals surface area (Å²) in [5.41, 5.74) is 1.89. The molecular formula is C29H34FN3O5S. The molecule has 39 heavy (non-hydrogen) atoms. The van der Waals surface area contributed by atoms with Gasteiger partial charge in [0.1, 0.15) is 24.2 Å². The van der Waals surface area contributed by atoms with Crippen LogP contribution in [0.5, 0.6) is 5.75 Å². The predicted octanol–water partition coefficient (Wildman–Crippen LogP) is 4.28. The maximum atomic E-state index is 13.8. The summed E-state index contributed by atoms with van der Waals surface area (Å²) in [4.78, 5) is 27.8. The van der Waals surface area contributed by atoms with E-state index in [0.717, 1.165) is 27.6 Å². The molecule has 2 amide bonds. The maximum Gasteiger partial charge on any atom is 0.264 e. The first-order chi connectivity index (χ1) is 18.6. The molecule has 0 spiro atoms. The van der Waals surface area contributed by atoms with Gasteiger partial charge in [-0.3, -0.25) is 13.9 Å². The molecule has 3 aromatic rings. The van der Waals surface area contributed by atoms with Gasteiger partial charge in [-0.05, 0) is 81.8 Å². The molecule has 8 nitrogen and oxygen atoms in total. The van der Waals surface area contributed by atoms with Crippen LogP contribution in [0.15, 0.2) is 77.7 Å². The molecule has 0 radical (unpaired) electrons. The highest BCUT2D eigenvalue weighted by Crippen LogP contribution is 2.26. The first kappa shape index (κ1) is 29.6. The molecular weight excluding hydrogens is 521 g/mol. The van der Waals surface area contributed by atoms with Gasteiger partial charge in [-0.25, -0.2) is 12.8 Å². The van der Waals surface area contributed by atoms with E-state index in [0.29, 0.717) is 18.9 Å². The van der Waals surface area contributed by atoms with Crippen molar-refractivity contribution >= 4 is 27.5 Å². The average Bonchev–Trinajstić information content (AvgIpc) is 2.91. The third-order valence-electron chi connectivity index (χ3n) is 6.07. The third kappa shape index (κ3) is 7.57. The van der Waals surface area contributed by atoms with Crippen molar-refractivity contribution in [2.75, 3.05) is 24.0 Å². The van der Waals surface area contributed by atoms with Gasteiger partial charge in [-0.2, -0.15) is 0 Å². The van der Waals surface area contributed by atoms with Crippen molar-refractivity contribution in [2.24, 2.45) is 0 Å². The quantitative estimate of drug-likeness (QED) is 0.360. The van der Waals surface area contributed by atoms with Crippen molar-refractivity contribution < 1.29 is 27.1 Å². The highest BCUT2D eigenvalue weighted by molar-refractivity contribution is 7.92. The number of benzene rings is 3. The Morgan fingerprint density at radius 2 is 1.67 bits per heavy atom. The van der Waals surface area contributed by atoms with Crippen LogP contribution in [-0.2, 0) is 26.2 Å². The summed E-state index contributed by atoms with van der Waals surface area (Å²) in [5, 5.41) is 2.72. The molecule has 10 heteroatoms. The summed E-state index contributed by atoms with van der Waals surface area (Å²) < 4.78 is 47.7. The average molecular weight is 556 g/mol. The van der Waals surface area contributed by atoms with Gasteiger partial charge in [0.2, 0.25) is 11.8 Å². The van der Waals surface area contributed by atoms with E-state index < -0.39 is 34.3 Å². The normalized spacial score (nSPS) is 11.9. The van der Waals surface area contributed by atoms with Gasteiger partial charge in [0.25, 0.3) is 10.0 Å². The molecule has 0 saturated heterocycles.